The van der Waals surface area contributed by atoms with Gasteiger partial charge in [-0.25, -0.2) is 0 Å². The summed E-state index contributed by atoms with van der Waals surface area (Å²) in [6.45, 7) is 2.69. The van der Waals surface area contributed by atoms with Gasteiger partial charge in [0.25, 0.3) is 5.91 Å². The Kier molecular flexibility index (Phi) is 6.11. The summed E-state index contributed by atoms with van der Waals surface area (Å²) in [5, 5.41) is 5.94. The second-order valence-corrected chi connectivity index (χ2v) is 6.70. The zero-order valence-corrected chi connectivity index (χ0v) is 15.4. The lowest BCUT2D eigenvalue weighted by Crippen LogP contribution is -2.39. The molecule has 7 heteroatoms. The number of imide groups is 1. The molecule has 2 N–H and O–H groups in total. The second kappa shape index (κ2) is 8.70. The molecule has 7 nitrogen and oxygen atoms in total. The number of benzene rings is 1. The van der Waals surface area contributed by atoms with Crippen LogP contribution in [0.3, 0.4) is 0 Å². The van der Waals surface area contributed by atoms with Crippen LogP contribution >= 0.6 is 0 Å². The number of nitrogens with one attached hydrogen (secondary N) is 2. The molecule has 1 unspecified atom stereocenters. The fourth-order valence-electron chi connectivity index (χ4n) is 3.18. The Bertz CT molecular complexity index is 842. The smallest absolute Gasteiger partial charge is 0.257 e. The number of ether oxygens (including phenoxy) is 1. The minimum Gasteiger partial charge on any atom is -0.484 e. The van der Waals surface area contributed by atoms with Crippen LogP contribution in [0.15, 0.2) is 28.9 Å². The average molecular weight is 372 g/mol. The summed E-state index contributed by atoms with van der Waals surface area (Å²) in [4.78, 5) is 35.3. The van der Waals surface area contributed by atoms with Crippen molar-refractivity contribution < 1.29 is 23.5 Å². The van der Waals surface area contributed by atoms with E-state index in [1.165, 1.54) is 0 Å². The summed E-state index contributed by atoms with van der Waals surface area (Å²) in [6.07, 6.45) is 5.45. The Balaban J connectivity index is 1.65. The van der Waals surface area contributed by atoms with E-state index in [1.54, 1.807) is 24.5 Å². The molecule has 3 rings (SSSR count). The number of furan rings is 1. The van der Waals surface area contributed by atoms with Gasteiger partial charge < -0.3 is 14.5 Å². The molecule has 3 amide bonds. The number of fused-ring (bicyclic) bond motifs is 1. The molecule has 0 saturated carbocycles. The predicted molar refractivity (Wildman–Crippen MR) is 99.4 cm³/mol. The molecule has 1 aliphatic rings. The van der Waals surface area contributed by atoms with Gasteiger partial charge in [-0.1, -0.05) is 19.8 Å². The first kappa shape index (κ1) is 18.9. The maximum Gasteiger partial charge on any atom is 0.257 e. The Morgan fingerprint density at radius 2 is 2.19 bits per heavy atom. The van der Waals surface area contributed by atoms with Gasteiger partial charge >= 0.3 is 0 Å². The van der Waals surface area contributed by atoms with Gasteiger partial charge in [0.2, 0.25) is 11.8 Å². The van der Waals surface area contributed by atoms with Crippen LogP contribution in [0.5, 0.6) is 5.75 Å². The van der Waals surface area contributed by atoms with Gasteiger partial charge in [0, 0.05) is 23.9 Å². The van der Waals surface area contributed by atoms with Gasteiger partial charge in [0.1, 0.15) is 11.3 Å². The van der Waals surface area contributed by atoms with Gasteiger partial charge in [0.15, 0.2) is 6.61 Å². The highest BCUT2D eigenvalue weighted by Gasteiger charge is 2.30. The van der Waals surface area contributed by atoms with E-state index >= 15 is 0 Å². The Labute approximate surface area is 157 Å². The molecule has 0 spiro atoms. The Morgan fingerprint density at radius 1 is 1.33 bits per heavy atom. The number of hydrogen-bond acceptors (Lipinski definition) is 5. The molecule has 0 radical (unpaired) electrons. The number of piperidine rings is 1. The topological polar surface area (TPSA) is 97.6 Å². The predicted octanol–water partition coefficient (Wildman–Crippen LogP) is 2.64. The largest absolute Gasteiger partial charge is 0.484 e. The molecular weight excluding hydrogens is 348 g/mol. The van der Waals surface area contributed by atoms with Crippen LogP contribution in [-0.2, 0) is 14.4 Å². The van der Waals surface area contributed by atoms with Crippen molar-refractivity contribution in [1.82, 2.24) is 10.6 Å². The third kappa shape index (κ3) is 4.67. The fraction of sp³-hybridized carbons (Fsp3) is 0.450. The maximum absolute atomic E-state index is 12.1. The minimum absolute atomic E-state index is 0.0662. The van der Waals surface area contributed by atoms with Crippen molar-refractivity contribution in [3.05, 3.63) is 30.0 Å². The first-order valence-electron chi connectivity index (χ1n) is 9.33. The van der Waals surface area contributed by atoms with Crippen LogP contribution in [0.2, 0.25) is 0 Å². The number of carbonyl (C=O) groups is 3. The van der Waals surface area contributed by atoms with Gasteiger partial charge in [-0.2, -0.15) is 0 Å². The van der Waals surface area contributed by atoms with Gasteiger partial charge in [0.05, 0.1) is 12.2 Å². The van der Waals surface area contributed by atoms with Crippen LogP contribution in [0.4, 0.5) is 0 Å². The SMILES string of the molecule is CCCCCNC(=O)COc1ccc2occ(C3CCC(=O)NC3=O)c2c1. The highest BCUT2D eigenvalue weighted by atomic mass is 16.5. The highest BCUT2D eigenvalue weighted by Crippen LogP contribution is 2.34. The van der Waals surface area contributed by atoms with Crippen molar-refractivity contribution in [2.24, 2.45) is 0 Å². The lowest BCUT2D eigenvalue weighted by Gasteiger charge is -2.19. The third-order valence-electron chi connectivity index (χ3n) is 4.66. The second-order valence-electron chi connectivity index (χ2n) is 6.70. The molecule has 144 valence electrons. The summed E-state index contributed by atoms with van der Waals surface area (Å²) in [5.74, 6) is -0.629. The first-order valence-corrected chi connectivity index (χ1v) is 9.33. The number of unbranched alkanes of at least 4 members (excludes halogenated alkanes) is 2. The zero-order chi connectivity index (χ0) is 19.2. The Hall–Kier alpha value is -2.83. The van der Waals surface area contributed by atoms with Crippen molar-refractivity contribution >= 4 is 28.7 Å². The van der Waals surface area contributed by atoms with Gasteiger partial charge in [-0.15, -0.1) is 0 Å². The van der Waals surface area contributed by atoms with E-state index in [2.05, 4.69) is 17.6 Å². The van der Waals surface area contributed by atoms with Crippen molar-refractivity contribution in [2.45, 2.75) is 44.9 Å². The molecule has 0 bridgehead atoms. The highest BCUT2D eigenvalue weighted by molar-refractivity contribution is 6.02. The quantitative estimate of drug-likeness (QED) is 0.548. The van der Waals surface area contributed by atoms with E-state index in [9.17, 15) is 14.4 Å². The fourth-order valence-corrected chi connectivity index (χ4v) is 3.18. The third-order valence-corrected chi connectivity index (χ3v) is 4.66. The average Bonchev–Trinajstić information content (AvgIpc) is 3.07. The molecular formula is C20H24N2O5. The standard InChI is InChI=1S/C20H24N2O5/c1-2-3-4-9-21-19(24)12-26-13-5-7-17-15(10-13)16(11-27-17)14-6-8-18(23)22-20(14)25/h5,7,10-11,14H,2-4,6,8-9,12H2,1H3,(H,21,24)(H,22,23,25). The zero-order valence-electron chi connectivity index (χ0n) is 15.4. The van der Waals surface area contributed by atoms with E-state index in [4.69, 9.17) is 9.15 Å². The van der Waals surface area contributed by atoms with Gasteiger partial charge in [-0.3, -0.25) is 19.7 Å². The van der Waals surface area contributed by atoms with Crippen molar-refractivity contribution in [2.75, 3.05) is 13.2 Å². The molecule has 1 aliphatic heterocycles. The molecule has 1 aromatic heterocycles. The van der Waals surface area contributed by atoms with Crippen molar-refractivity contribution in [3.8, 4) is 5.75 Å². The number of amides is 3. The van der Waals surface area contributed by atoms with Crippen LogP contribution in [-0.4, -0.2) is 30.9 Å². The van der Waals surface area contributed by atoms with Gasteiger partial charge in [-0.05, 0) is 31.0 Å². The number of carbonyl (C=O) groups excluding carboxylic acids is 3. The summed E-state index contributed by atoms with van der Waals surface area (Å²) >= 11 is 0. The molecule has 1 fully saturated rings. The van der Waals surface area contributed by atoms with E-state index in [1.807, 2.05) is 0 Å². The summed E-state index contributed by atoms with van der Waals surface area (Å²) in [7, 11) is 0. The van der Waals surface area contributed by atoms with E-state index in [-0.39, 0.29) is 24.3 Å². The normalized spacial score (nSPS) is 17.0. The molecule has 0 aliphatic carbocycles. The molecule has 27 heavy (non-hydrogen) atoms. The lowest BCUT2D eigenvalue weighted by molar-refractivity contribution is -0.134. The Morgan fingerprint density at radius 3 is 2.96 bits per heavy atom. The number of hydrogen-bond donors (Lipinski definition) is 2. The molecule has 1 saturated heterocycles. The minimum atomic E-state index is -0.430. The number of rotatable bonds is 8. The summed E-state index contributed by atoms with van der Waals surface area (Å²) in [6, 6.07) is 5.24. The summed E-state index contributed by atoms with van der Waals surface area (Å²) in [5.41, 5.74) is 1.36. The van der Waals surface area contributed by atoms with Crippen molar-refractivity contribution in [3.63, 3.8) is 0 Å². The molecule has 1 atom stereocenters. The lowest BCUT2D eigenvalue weighted by atomic mass is 9.90. The van der Waals surface area contributed by atoms with Crippen LogP contribution in [0.25, 0.3) is 11.0 Å². The summed E-state index contributed by atoms with van der Waals surface area (Å²) < 4.78 is 11.1. The van der Waals surface area contributed by atoms with Crippen LogP contribution in [0, 0.1) is 0 Å². The van der Waals surface area contributed by atoms with E-state index in [0.29, 0.717) is 30.7 Å². The molecule has 2 heterocycles. The van der Waals surface area contributed by atoms with Crippen LogP contribution in [0.1, 0.15) is 50.5 Å². The van der Waals surface area contributed by atoms with E-state index < -0.39 is 5.92 Å². The van der Waals surface area contributed by atoms with Crippen molar-refractivity contribution in [1.29, 1.82) is 0 Å². The van der Waals surface area contributed by atoms with Crippen LogP contribution < -0.4 is 15.4 Å². The molecule has 1 aromatic carbocycles. The first-order chi connectivity index (χ1) is 13.1. The van der Waals surface area contributed by atoms with E-state index in [0.717, 1.165) is 30.2 Å². The maximum atomic E-state index is 12.1. The molecule has 2 aromatic rings. The monoisotopic (exact) mass is 372 g/mol.